The van der Waals surface area contributed by atoms with Crippen molar-refractivity contribution < 1.29 is 10.0 Å². The van der Waals surface area contributed by atoms with Gasteiger partial charge in [-0.1, -0.05) is 59.8 Å². The van der Waals surface area contributed by atoms with E-state index in [1.807, 2.05) is 30.3 Å². The van der Waals surface area contributed by atoms with Gasteiger partial charge in [-0.05, 0) is 29.0 Å². The van der Waals surface area contributed by atoms with Gasteiger partial charge in [0.25, 0.3) is 0 Å². The van der Waals surface area contributed by atoms with E-state index >= 15 is 0 Å². The van der Waals surface area contributed by atoms with Crippen molar-refractivity contribution in [3.05, 3.63) is 77.1 Å². The van der Waals surface area contributed by atoms with Crippen LogP contribution in [-0.2, 0) is 6.42 Å². The van der Waals surface area contributed by atoms with Crippen molar-refractivity contribution in [3.63, 3.8) is 0 Å². The fourth-order valence-corrected chi connectivity index (χ4v) is 3.73. The minimum atomic E-state index is -0.0704. The molecular weight excluding hydrogens is 340 g/mol. The largest absolute Gasteiger partial charge is 0.411 e. The molecule has 1 heterocycles. The molecule has 3 N–H and O–H groups in total. The van der Waals surface area contributed by atoms with Gasteiger partial charge in [0.05, 0.1) is 17.5 Å². The Bertz CT molecular complexity index is 1030. The molecule has 1 atom stereocenters. The Labute approximate surface area is 156 Å². The second kappa shape index (κ2) is 6.99. The van der Waals surface area contributed by atoms with E-state index in [9.17, 15) is 4.79 Å². The lowest BCUT2D eigenvalue weighted by molar-refractivity contribution is 0.0962. The van der Waals surface area contributed by atoms with E-state index in [1.54, 1.807) is 0 Å². The van der Waals surface area contributed by atoms with E-state index in [4.69, 9.17) is 10.9 Å². The molecule has 0 fully saturated rings. The summed E-state index contributed by atoms with van der Waals surface area (Å²) < 4.78 is 0. The van der Waals surface area contributed by atoms with Crippen LogP contribution in [0.15, 0.2) is 59.8 Å². The highest BCUT2D eigenvalue weighted by Gasteiger charge is 2.31. The van der Waals surface area contributed by atoms with Crippen LogP contribution < -0.4 is 5.73 Å². The molecule has 0 saturated heterocycles. The van der Waals surface area contributed by atoms with Gasteiger partial charge in [-0.15, -0.1) is 0 Å². The lowest BCUT2D eigenvalue weighted by atomic mass is 9.78. The Kier molecular flexibility index (Phi) is 4.38. The van der Waals surface area contributed by atoms with Gasteiger partial charge < -0.3 is 10.9 Å². The summed E-state index contributed by atoms with van der Waals surface area (Å²) in [5, 5.41) is 11.8. The Morgan fingerprint density at radius 1 is 1.04 bits per heavy atom. The van der Waals surface area contributed by atoms with E-state index < -0.39 is 0 Å². The van der Waals surface area contributed by atoms with Crippen molar-refractivity contribution in [2.45, 2.75) is 18.8 Å². The quantitative estimate of drug-likeness (QED) is 0.424. The molecule has 3 aromatic rings. The van der Waals surface area contributed by atoms with Gasteiger partial charge in [-0.25, -0.2) is 9.97 Å². The number of ketones is 1. The molecule has 0 amide bonds. The topological polar surface area (TPSA) is 101 Å². The smallest absolute Gasteiger partial charge is 0.220 e. The minimum absolute atomic E-state index is 0.00498. The lowest BCUT2D eigenvalue weighted by Crippen LogP contribution is -2.24. The zero-order chi connectivity index (χ0) is 18.8. The first-order valence-electron chi connectivity index (χ1n) is 8.68. The van der Waals surface area contributed by atoms with Crippen LogP contribution in [0.2, 0.25) is 0 Å². The fourth-order valence-electron chi connectivity index (χ4n) is 3.73. The minimum Gasteiger partial charge on any atom is -0.411 e. The number of anilines is 1. The average molecular weight is 358 g/mol. The Hall–Kier alpha value is -3.54. The van der Waals surface area contributed by atoms with Gasteiger partial charge in [-0.3, -0.25) is 4.79 Å². The SMILES string of the molecule is Nc1nc(C=NO)c2c(n1)CC(c1ccccc1-c1ccccc1)CC2=O. The number of benzene rings is 2. The molecule has 4 rings (SSSR count). The second-order valence-electron chi connectivity index (χ2n) is 6.51. The number of hydrogen-bond donors (Lipinski definition) is 2. The molecule has 2 aromatic carbocycles. The maximum atomic E-state index is 12.9. The summed E-state index contributed by atoms with van der Waals surface area (Å²) in [6.45, 7) is 0. The van der Waals surface area contributed by atoms with Crippen molar-refractivity contribution in [2.75, 3.05) is 5.73 Å². The van der Waals surface area contributed by atoms with Crippen LogP contribution in [0.5, 0.6) is 0 Å². The van der Waals surface area contributed by atoms with E-state index in [0.717, 1.165) is 22.9 Å². The molecule has 1 unspecified atom stereocenters. The number of aromatic nitrogens is 2. The third-order valence-electron chi connectivity index (χ3n) is 4.85. The van der Waals surface area contributed by atoms with Crippen molar-refractivity contribution in [1.82, 2.24) is 9.97 Å². The lowest BCUT2D eigenvalue weighted by Gasteiger charge is -2.26. The summed E-state index contributed by atoms with van der Waals surface area (Å²) in [5.74, 6) is -0.0120. The first-order valence-corrected chi connectivity index (χ1v) is 8.68. The number of hydrogen-bond acceptors (Lipinski definition) is 6. The van der Waals surface area contributed by atoms with Gasteiger partial charge in [0.1, 0.15) is 5.69 Å². The monoisotopic (exact) mass is 358 g/mol. The van der Waals surface area contributed by atoms with Crippen molar-refractivity contribution in [1.29, 1.82) is 0 Å². The summed E-state index contributed by atoms with van der Waals surface area (Å²) in [5.41, 5.74) is 10.4. The summed E-state index contributed by atoms with van der Waals surface area (Å²) in [6, 6.07) is 18.2. The van der Waals surface area contributed by atoms with Gasteiger partial charge >= 0.3 is 0 Å². The Morgan fingerprint density at radius 3 is 2.56 bits per heavy atom. The van der Waals surface area contributed by atoms with Crippen molar-refractivity contribution >= 4 is 17.9 Å². The molecule has 134 valence electrons. The zero-order valence-corrected chi connectivity index (χ0v) is 14.5. The number of nitrogens with two attached hydrogens (primary N) is 1. The number of carbonyl (C=O) groups excluding carboxylic acids is 1. The van der Waals surface area contributed by atoms with E-state index in [0.29, 0.717) is 24.1 Å². The molecule has 6 nitrogen and oxygen atoms in total. The number of nitrogen functional groups attached to an aromatic ring is 1. The third-order valence-corrected chi connectivity index (χ3v) is 4.85. The molecule has 1 aromatic heterocycles. The Balaban J connectivity index is 1.79. The fraction of sp³-hybridized carbons (Fsp3) is 0.143. The number of fused-ring (bicyclic) bond motifs is 1. The summed E-state index contributed by atoms with van der Waals surface area (Å²) in [7, 11) is 0. The number of carbonyl (C=O) groups is 1. The maximum absolute atomic E-state index is 12.9. The van der Waals surface area contributed by atoms with Crippen LogP contribution in [0, 0.1) is 0 Å². The van der Waals surface area contributed by atoms with Crippen LogP contribution in [0.1, 0.15) is 39.6 Å². The van der Waals surface area contributed by atoms with E-state index in [-0.39, 0.29) is 23.3 Å². The first kappa shape index (κ1) is 16.9. The van der Waals surface area contributed by atoms with Crippen LogP contribution in [0.3, 0.4) is 0 Å². The molecule has 27 heavy (non-hydrogen) atoms. The zero-order valence-electron chi connectivity index (χ0n) is 14.5. The average Bonchev–Trinajstić information content (AvgIpc) is 2.68. The van der Waals surface area contributed by atoms with Crippen molar-refractivity contribution in [2.24, 2.45) is 5.16 Å². The first-order chi connectivity index (χ1) is 13.2. The van der Waals surface area contributed by atoms with Crippen LogP contribution >= 0.6 is 0 Å². The molecule has 0 spiro atoms. The number of nitrogens with zero attached hydrogens (tertiary/aromatic N) is 3. The molecule has 6 heteroatoms. The van der Waals surface area contributed by atoms with E-state index in [2.05, 4.69) is 39.4 Å². The predicted molar refractivity (Wildman–Crippen MR) is 103 cm³/mol. The predicted octanol–water partition coefficient (Wildman–Crippen LogP) is 3.45. The molecule has 0 saturated carbocycles. The van der Waals surface area contributed by atoms with Crippen molar-refractivity contribution in [3.8, 4) is 11.1 Å². The third kappa shape index (κ3) is 3.17. The summed E-state index contributed by atoms with van der Waals surface area (Å²) in [6.07, 6.45) is 2.05. The molecule has 0 bridgehead atoms. The van der Waals surface area contributed by atoms with Gasteiger partial charge in [0, 0.05) is 6.42 Å². The number of rotatable bonds is 3. The highest BCUT2D eigenvalue weighted by atomic mass is 16.4. The Morgan fingerprint density at radius 2 is 1.78 bits per heavy atom. The van der Waals surface area contributed by atoms with Gasteiger partial charge in [-0.2, -0.15) is 0 Å². The standard InChI is InChI=1S/C21H18N4O2/c22-21-24-17-10-14(11-19(26)20(17)18(25-21)12-23-27)16-9-5-4-8-15(16)13-6-2-1-3-7-13/h1-9,12,14,27H,10-11H2,(H2,22,24,25). The molecule has 1 aliphatic rings. The summed E-state index contributed by atoms with van der Waals surface area (Å²) in [4.78, 5) is 21.2. The summed E-state index contributed by atoms with van der Waals surface area (Å²) >= 11 is 0. The van der Waals surface area contributed by atoms with Crippen LogP contribution in [-0.4, -0.2) is 27.2 Å². The van der Waals surface area contributed by atoms with Gasteiger partial charge in [0.2, 0.25) is 5.95 Å². The van der Waals surface area contributed by atoms with Gasteiger partial charge in [0.15, 0.2) is 5.78 Å². The molecular formula is C21H18N4O2. The van der Waals surface area contributed by atoms with Crippen LogP contribution in [0.25, 0.3) is 11.1 Å². The molecule has 0 aliphatic heterocycles. The number of oxime groups is 1. The highest BCUT2D eigenvalue weighted by molar-refractivity contribution is 6.05. The second-order valence-corrected chi connectivity index (χ2v) is 6.51. The van der Waals surface area contributed by atoms with Crippen LogP contribution in [0.4, 0.5) is 5.95 Å². The number of Topliss-reactive ketones (excluding diaryl/α,β-unsaturated/α-hetero) is 1. The molecule has 1 aliphatic carbocycles. The maximum Gasteiger partial charge on any atom is 0.220 e. The van der Waals surface area contributed by atoms with E-state index in [1.165, 1.54) is 0 Å². The highest BCUT2D eigenvalue weighted by Crippen LogP contribution is 2.37. The normalized spacial score (nSPS) is 16.4. The molecule has 0 radical (unpaired) electrons.